The molecule has 1 rings (SSSR count). The Morgan fingerprint density at radius 1 is 1.50 bits per heavy atom. The third kappa shape index (κ3) is 4.25. The molecule has 1 amide bonds. The minimum atomic E-state index is -0.0233. The largest absolute Gasteiger partial charge is 0.396 e. The van der Waals surface area contributed by atoms with E-state index in [1.807, 2.05) is 18.7 Å². The van der Waals surface area contributed by atoms with E-state index in [4.69, 9.17) is 5.11 Å². The molecule has 2 N–H and O–H groups in total. The molecule has 0 spiro atoms. The van der Waals surface area contributed by atoms with Crippen LogP contribution in [0.15, 0.2) is 0 Å². The Labute approximate surface area is 111 Å². The van der Waals surface area contributed by atoms with Crippen LogP contribution in [0.25, 0.3) is 0 Å². The van der Waals surface area contributed by atoms with E-state index in [0.29, 0.717) is 18.9 Å². The summed E-state index contributed by atoms with van der Waals surface area (Å²) in [5.74, 6) is 0.878. The van der Waals surface area contributed by atoms with E-state index in [9.17, 15) is 4.79 Å². The Balaban J connectivity index is 2.58. The van der Waals surface area contributed by atoms with Gasteiger partial charge in [-0.25, -0.2) is 0 Å². The van der Waals surface area contributed by atoms with Gasteiger partial charge in [0.1, 0.15) is 0 Å². The monoisotopic (exact) mass is 256 g/mol. The number of carbonyl (C=O) groups excluding carboxylic acids is 1. The van der Waals surface area contributed by atoms with Crippen LogP contribution >= 0.6 is 0 Å². The minimum absolute atomic E-state index is 0.0233. The van der Waals surface area contributed by atoms with Crippen LogP contribution in [0.5, 0.6) is 0 Å². The van der Waals surface area contributed by atoms with Crippen LogP contribution in [0.1, 0.15) is 46.5 Å². The number of aliphatic hydroxyl groups excluding tert-OH is 1. The third-order valence-corrected chi connectivity index (χ3v) is 3.85. The van der Waals surface area contributed by atoms with Crippen LogP contribution in [0, 0.1) is 5.92 Å². The Hall–Kier alpha value is -0.610. The van der Waals surface area contributed by atoms with Gasteiger partial charge in [0, 0.05) is 19.2 Å². The van der Waals surface area contributed by atoms with Crippen LogP contribution in [-0.2, 0) is 4.79 Å². The first-order valence-electron chi connectivity index (χ1n) is 7.24. The van der Waals surface area contributed by atoms with Gasteiger partial charge in [-0.1, -0.05) is 13.3 Å². The van der Waals surface area contributed by atoms with Crippen molar-refractivity contribution < 1.29 is 9.90 Å². The molecular weight excluding hydrogens is 228 g/mol. The quantitative estimate of drug-likeness (QED) is 0.755. The summed E-state index contributed by atoms with van der Waals surface area (Å²) in [7, 11) is 0. The molecule has 0 saturated carbocycles. The fourth-order valence-electron chi connectivity index (χ4n) is 2.62. The molecule has 0 radical (unpaired) electrons. The van der Waals surface area contributed by atoms with Crippen molar-refractivity contribution in [3.8, 4) is 0 Å². The van der Waals surface area contributed by atoms with Gasteiger partial charge >= 0.3 is 0 Å². The van der Waals surface area contributed by atoms with Gasteiger partial charge in [-0.15, -0.1) is 0 Å². The molecule has 1 aliphatic rings. The normalized spacial score (nSPS) is 24.3. The number of piperidine rings is 1. The van der Waals surface area contributed by atoms with Crippen LogP contribution < -0.4 is 5.32 Å². The summed E-state index contributed by atoms with van der Waals surface area (Å²) >= 11 is 0. The van der Waals surface area contributed by atoms with Gasteiger partial charge < -0.3 is 15.3 Å². The first-order valence-corrected chi connectivity index (χ1v) is 7.24. The lowest BCUT2D eigenvalue weighted by molar-refractivity contribution is -0.136. The lowest BCUT2D eigenvalue weighted by Crippen LogP contribution is -2.52. The zero-order valence-electron chi connectivity index (χ0n) is 12.0. The van der Waals surface area contributed by atoms with Crippen molar-refractivity contribution in [3.05, 3.63) is 0 Å². The highest BCUT2D eigenvalue weighted by Gasteiger charge is 2.30. The molecule has 1 heterocycles. The highest BCUT2D eigenvalue weighted by Crippen LogP contribution is 2.21. The van der Waals surface area contributed by atoms with Gasteiger partial charge in [0.25, 0.3) is 0 Å². The summed E-state index contributed by atoms with van der Waals surface area (Å²) in [6.45, 7) is 8.02. The van der Waals surface area contributed by atoms with Gasteiger partial charge in [-0.3, -0.25) is 4.79 Å². The predicted molar refractivity (Wildman–Crippen MR) is 73.4 cm³/mol. The number of rotatable bonds is 6. The van der Waals surface area contributed by atoms with E-state index in [-0.39, 0.29) is 24.6 Å². The summed E-state index contributed by atoms with van der Waals surface area (Å²) in [6, 6.07) is 0.178. The van der Waals surface area contributed by atoms with Crippen LogP contribution in [0.2, 0.25) is 0 Å². The van der Waals surface area contributed by atoms with Gasteiger partial charge in [-0.05, 0) is 45.6 Å². The Bertz CT molecular complexity index is 256. The van der Waals surface area contributed by atoms with Crippen molar-refractivity contribution in [1.82, 2.24) is 10.2 Å². The van der Waals surface area contributed by atoms with Crippen molar-refractivity contribution in [1.29, 1.82) is 0 Å². The van der Waals surface area contributed by atoms with E-state index < -0.39 is 0 Å². The molecule has 0 aromatic rings. The van der Waals surface area contributed by atoms with E-state index in [1.54, 1.807) is 0 Å². The summed E-state index contributed by atoms with van der Waals surface area (Å²) in [4.78, 5) is 14.4. The molecular formula is C14H28N2O2. The molecule has 1 fully saturated rings. The predicted octanol–water partition coefficient (Wildman–Crippen LogP) is 1.38. The van der Waals surface area contributed by atoms with E-state index in [1.165, 1.54) is 6.42 Å². The zero-order valence-corrected chi connectivity index (χ0v) is 12.0. The topological polar surface area (TPSA) is 52.6 Å². The molecule has 0 aliphatic carbocycles. The van der Waals surface area contributed by atoms with Crippen molar-refractivity contribution in [2.45, 2.75) is 58.5 Å². The second kappa shape index (κ2) is 7.74. The average Bonchev–Trinajstić information content (AvgIpc) is 2.38. The number of nitrogens with one attached hydrogen (secondary N) is 1. The highest BCUT2D eigenvalue weighted by atomic mass is 16.3. The molecule has 1 saturated heterocycles. The number of aliphatic hydroxyl groups is 1. The maximum atomic E-state index is 12.5. The van der Waals surface area contributed by atoms with Crippen molar-refractivity contribution >= 4 is 5.91 Å². The molecule has 1 aliphatic heterocycles. The molecule has 0 bridgehead atoms. The highest BCUT2D eigenvalue weighted by molar-refractivity contribution is 5.82. The lowest BCUT2D eigenvalue weighted by Gasteiger charge is -2.35. The van der Waals surface area contributed by atoms with Crippen LogP contribution in [0.4, 0.5) is 0 Å². The molecule has 2 unspecified atom stereocenters. The SMILES string of the molecule is CCC1CCNC(C(=O)N(CCCO)C(C)C)C1. The number of nitrogens with zero attached hydrogens (tertiary/aromatic N) is 1. The van der Waals surface area contributed by atoms with Crippen molar-refractivity contribution in [2.75, 3.05) is 19.7 Å². The Kier molecular flexibility index (Phi) is 6.65. The molecule has 0 aromatic carbocycles. The van der Waals surface area contributed by atoms with Crippen molar-refractivity contribution in [2.24, 2.45) is 5.92 Å². The summed E-state index contributed by atoms with van der Waals surface area (Å²) in [5, 5.41) is 12.3. The lowest BCUT2D eigenvalue weighted by atomic mass is 9.89. The second-order valence-corrected chi connectivity index (χ2v) is 5.51. The summed E-state index contributed by atoms with van der Waals surface area (Å²) in [6.07, 6.45) is 3.95. The van der Waals surface area contributed by atoms with E-state index in [2.05, 4.69) is 12.2 Å². The second-order valence-electron chi connectivity index (χ2n) is 5.51. The number of hydrogen-bond acceptors (Lipinski definition) is 3. The van der Waals surface area contributed by atoms with E-state index >= 15 is 0 Å². The molecule has 4 heteroatoms. The van der Waals surface area contributed by atoms with Gasteiger partial charge in [-0.2, -0.15) is 0 Å². The number of amides is 1. The minimum Gasteiger partial charge on any atom is -0.396 e. The molecule has 4 nitrogen and oxygen atoms in total. The average molecular weight is 256 g/mol. The third-order valence-electron chi connectivity index (χ3n) is 3.85. The maximum absolute atomic E-state index is 12.5. The fourth-order valence-corrected chi connectivity index (χ4v) is 2.62. The fraction of sp³-hybridized carbons (Fsp3) is 0.929. The maximum Gasteiger partial charge on any atom is 0.239 e. The number of hydrogen-bond donors (Lipinski definition) is 2. The van der Waals surface area contributed by atoms with Gasteiger partial charge in [0.15, 0.2) is 0 Å². The van der Waals surface area contributed by atoms with Gasteiger partial charge in [0.2, 0.25) is 5.91 Å². The Morgan fingerprint density at radius 3 is 2.78 bits per heavy atom. The first-order chi connectivity index (χ1) is 8.60. The molecule has 18 heavy (non-hydrogen) atoms. The Morgan fingerprint density at radius 2 is 2.22 bits per heavy atom. The van der Waals surface area contributed by atoms with Crippen LogP contribution in [-0.4, -0.2) is 47.7 Å². The first kappa shape index (κ1) is 15.4. The summed E-state index contributed by atoms with van der Waals surface area (Å²) < 4.78 is 0. The standard InChI is InChI=1S/C14H28N2O2/c1-4-12-6-7-15-13(10-12)14(18)16(11(2)3)8-5-9-17/h11-13,15,17H,4-10H2,1-3H3. The molecule has 0 aromatic heterocycles. The summed E-state index contributed by atoms with van der Waals surface area (Å²) in [5.41, 5.74) is 0. The van der Waals surface area contributed by atoms with Crippen LogP contribution in [0.3, 0.4) is 0 Å². The molecule has 2 atom stereocenters. The van der Waals surface area contributed by atoms with Crippen molar-refractivity contribution in [3.63, 3.8) is 0 Å². The van der Waals surface area contributed by atoms with E-state index in [0.717, 1.165) is 19.4 Å². The van der Waals surface area contributed by atoms with Gasteiger partial charge in [0.05, 0.1) is 6.04 Å². The molecule has 106 valence electrons. The number of carbonyl (C=O) groups is 1. The smallest absolute Gasteiger partial charge is 0.239 e. The zero-order chi connectivity index (χ0) is 13.5.